The van der Waals surface area contributed by atoms with E-state index < -0.39 is 0 Å². The van der Waals surface area contributed by atoms with Gasteiger partial charge in [0.25, 0.3) is 0 Å². The second-order valence-corrected chi connectivity index (χ2v) is 7.11. The van der Waals surface area contributed by atoms with Crippen molar-refractivity contribution in [3.63, 3.8) is 0 Å². The van der Waals surface area contributed by atoms with Gasteiger partial charge in [-0.3, -0.25) is 0 Å². The first-order valence-corrected chi connectivity index (χ1v) is 9.50. The van der Waals surface area contributed by atoms with Crippen LogP contribution in [0.5, 0.6) is 11.5 Å². The molecule has 0 unspecified atom stereocenters. The molecular formula is C23H18INO2. The fraction of sp³-hybridized carbons (Fsp3) is 0.0870. The molecule has 0 aliphatic rings. The average Bonchev–Trinajstić information content (AvgIpc) is 2.72. The van der Waals surface area contributed by atoms with Crippen molar-refractivity contribution < 1.29 is 9.47 Å². The van der Waals surface area contributed by atoms with E-state index in [-0.39, 0.29) is 0 Å². The van der Waals surface area contributed by atoms with Crippen LogP contribution in [0.2, 0.25) is 0 Å². The molecule has 0 bridgehead atoms. The second kappa shape index (κ2) is 9.24. The Morgan fingerprint density at radius 1 is 1.00 bits per heavy atom. The lowest BCUT2D eigenvalue weighted by molar-refractivity contribution is 0.284. The molecule has 0 fully saturated rings. The highest BCUT2D eigenvalue weighted by Crippen LogP contribution is 2.30. The zero-order valence-electron chi connectivity index (χ0n) is 14.9. The molecule has 0 heterocycles. The van der Waals surface area contributed by atoms with Gasteiger partial charge in [0, 0.05) is 3.57 Å². The van der Waals surface area contributed by atoms with Crippen LogP contribution in [0.15, 0.2) is 72.8 Å². The molecule has 0 N–H and O–H groups in total. The molecule has 4 heteroatoms. The van der Waals surface area contributed by atoms with Crippen LogP contribution in [0.25, 0.3) is 11.6 Å². The molecular weight excluding hydrogens is 449 g/mol. The number of hydrogen-bond donors (Lipinski definition) is 0. The van der Waals surface area contributed by atoms with Gasteiger partial charge < -0.3 is 9.47 Å². The number of ether oxygens (including phenoxy) is 2. The minimum atomic E-state index is 0.471. The zero-order chi connectivity index (χ0) is 19.1. The molecule has 0 radical (unpaired) electrons. The van der Waals surface area contributed by atoms with Crippen LogP contribution in [-0.2, 0) is 6.61 Å². The molecule has 3 aromatic rings. The van der Waals surface area contributed by atoms with Crippen molar-refractivity contribution >= 4 is 34.2 Å². The molecule has 3 rings (SSSR count). The molecule has 0 atom stereocenters. The Morgan fingerprint density at radius 2 is 1.74 bits per heavy atom. The molecule has 27 heavy (non-hydrogen) atoms. The van der Waals surface area contributed by atoms with Gasteiger partial charge >= 0.3 is 0 Å². The zero-order valence-corrected chi connectivity index (χ0v) is 17.0. The lowest BCUT2D eigenvalue weighted by atomic mass is 10.0. The third-order valence-corrected chi connectivity index (χ3v) is 4.73. The summed E-state index contributed by atoms with van der Waals surface area (Å²) < 4.78 is 12.5. The van der Waals surface area contributed by atoms with Gasteiger partial charge in [-0.1, -0.05) is 48.5 Å². The number of rotatable bonds is 6. The van der Waals surface area contributed by atoms with Gasteiger partial charge in [-0.05, 0) is 69.6 Å². The Morgan fingerprint density at radius 3 is 2.41 bits per heavy atom. The van der Waals surface area contributed by atoms with Crippen LogP contribution in [0.3, 0.4) is 0 Å². The van der Waals surface area contributed by atoms with E-state index in [0.29, 0.717) is 23.7 Å². The van der Waals surface area contributed by atoms with Crippen LogP contribution >= 0.6 is 22.6 Å². The van der Waals surface area contributed by atoms with Crippen molar-refractivity contribution in [2.24, 2.45) is 0 Å². The third kappa shape index (κ3) is 5.11. The number of benzene rings is 3. The standard InChI is InChI=1S/C23H18INO2/c1-26-23-14-18(13-20(15-25)19-8-10-21(24)11-9-19)7-12-22(23)27-16-17-5-3-2-4-6-17/h2-14H,16H2,1H3/b20-13-. The third-order valence-electron chi connectivity index (χ3n) is 4.01. The number of nitrogens with zero attached hydrogens (tertiary/aromatic N) is 1. The van der Waals surface area contributed by atoms with Crippen LogP contribution in [0, 0.1) is 14.9 Å². The first kappa shape index (κ1) is 19.0. The summed E-state index contributed by atoms with van der Waals surface area (Å²) in [4.78, 5) is 0. The topological polar surface area (TPSA) is 42.2 Å². The lowest BCUT2D eigenvalue weighted by Gasteiger charge is -2.11. The normalized spacial score (nSPS) is 10.9. The number of nitriles is 1. The van der Waals surface area contributed by atoms with Gasteiger partial charge in [0.1, 0.15) is 6.61 Å². The summed E-state index contributed by atoms with van der Waals surface area (Å²) in [7, 11) is 1.61. The van der Waals surface area contributed by atoms with E-state index in [9.17, 15) is 5.26 Å². The summed E-state index contributed by atoms with van der Waals surface area (Å²) in [6, 6.07) is 25.8. The molecule has 0 aliphatic heterocycles. The number of allylic oxidation sites excluding steroid dienone is 1. The minimum Gasteiger partial charge on any atom is -0.493 e. The summed E-state index contributed by atoms with van der Waals surface area (Å²) in [5, 5.41) is 9.53. The Kier molecular flexibility index (Phi) is 6.50. The summed E-state index contributed by atoms with van der Waals surface area (Å²) >= 11 is 2.25. The molecule has 0 spiro atoms. The maximum absolute atomic E-state index is 9.53. The fourth-order valence-electron chi connectivity index (χ4n) is 2.60. The summed E-state index contributed by atoms with van der Waals surface area (Å²) in [5.41, 5.74) is 3.47. The van der Waals surface area contributed by atoms with E-state index in [4.69, 9.17) is 9.47 Å². The van der Waals surface area contributed by atoms with Crippen molar-refractivity contribution in [3.05, 3.63) is 93.1 Å². The maximum Gasteiger partial charge on any atom is 0.161 e. The number of hydrogen-bond acceptors (Lipinski definition) is 3. The Hall–Kier alpha value is -2.78. The largest absolute Gasteiger partial charge is 0.493 e. The minimum absolute atomic E-state index is 0.471. The summed E-state index contributed by atoms with van der Waals surface area (Å²) in [6.07, 6.45) is 1.85. The van der Waals surface area contributed by atoms with Gasteiger partial charge in [-0.15, -0.1) is 0 Å². The average molecular weight is 467 g/mol. The number of halogens is 1. The molecule has 134 valence electrons. The van der Waals surface area contributed by atoms with E-state index >= 15 is 0 Å². The summed E-state index contributed by atoms with van der Waals surface area (Å²) in [6.45, 7) is 0.471. The smallest absolute Gasteiger partial charge is 0.161 e. The maximum atomic E-state index is 9.53. The molecule has 3 nitrogen and oxygen atoms in total. The lowest BCUT2D eigenvalue weighted by Crippen LogP contribution is -1.97. The van der Waals surface area contributed by atoms with Gasteiger partial charge in [-0.2, -0.15) is 5.26 Å². The molecule has 0 amide bonds. The van der Waals surface area contributed by atoms with E-state index in [1.807, 2.05) is 78.9 Å². The van der Waals surface area contributed by atoms with Gasteiger partial charge in [0.15, 0.2) is 11.5 Å². The molecule has 0 aliphatic carbocycles. The second-order valence-electron chi connectivity index (χ2n) is 5.86. The Labute approximate surface area is 173 Å². The predicted octanol–water partition coefficient (Wildman–Crippen LogP) is 5.94. The highest BCUT2D eigenvalue weighted by Gasteiger charge is 2.07. The van der Waals surface area contributed by atoms with Crippen molar-refractivity contribution in [2.45, 2.75) is 6.61 Å². The molecule has 3 aromatic carbocycles. The molecule has 0 aromatic heterocycles. The van der Waals surface area contributed by atoms with Gasteiger partial charge in [0.2, 0.25) is 0 Å². The Balaban J connectivity index is 1.82. The van der Waals surface area contributed by atoms with Crippen LogP contribution in [-0.4, -0.2) is 7.11 Å². The molecule has 0 saturated carbocycles. The van der Waals surface area contributed by atoms with Crippen molar-refractivity contribution in [2.75, 3.05) is 7.11 Å². The highest BCUT2D eigenvalue weighted by molar-refractivity contribution is 14.1. The van der Waals surface area contributed by atoms with Crippen LogP contribution in [0.1, 0.15) is 16.7 Å². The Bertz CT molecular complexity index is 974. The predicted molar refractivity (Wildman–Crippen MR) is 116 cm³/mol. The number of methoxy groups -OCH3 is 1. The van der Waals surface area contributed by atoms with Crippen LogP contribution in [0.4, 0.5) is 0 Å². The summed E-state index contributed by atoms with van der Waals surface area (Å²) in [5.74, 6) is 1.31. The SMILES string of the molecule is COc1cc(/C=C(/C#N)c2ccc(I)cc2)ccc1OCc1ccccc1. The van der Waals surface area contributed by atoms with E-state index in [1.165, 1.54) is 0 Å². The van der Waals surface area contributed by atoms with Crippen molar-refractivity contribution in [3.8, 4) is 17.6 Å². The van der Waals surface area contributed by atoms with Gasteiger partial charge in [-0.25, -0.2) is 0 Å². The van der Waals surface area contributed by atoms with Crippen molar-refractivity contribution in [1.82, 2.24) is 0 Å². The van der Waals surface area contributed by atoms with Crippen molar-refractivity contribution in [1.29, 1.82) is 5.26 Å². The van der Waals surface area contributed by atoms with Gasteiger partial charge in [0.05, 0.1) is 18.8 Å². The van der Waals surface area contributed by atoms with E-state index in [1.54, 1.807) is 7.11 Å². The highest BCUT2D eigenvalue weighted by atomic mass is 127. The van der Waals surface area contributed by atoms with Crippen LogP contribution < -0.4 is 9.47 Å². The quantitative estimate of drug-likeness (QED) is 0.256. The van der Waals surface area contributed by atoms with E-state index in [2.05, 4.69) is 28.7 Å². The fourth-order valence-corrected chi connectivity index (χ4v) is 2.96. The van der Waals surface area contributed by atoms with E-state index in [0.717, 1.165) is 20.3 Å². The first-order chi connectivity index (χ1) is 13.2. The first-order valence-electron chi connectivity index (χ1n) is 8.42. The monoisotopic (exact) mass is 467 g/mol. The molecule has 0 saturated heterocycles.